The van der Waals surface area contributed by atoms with E-state index in [0.29, 0.717) is 10.7 Å². The summed E-state index contributed by atoms with van der Waals surface area (Å²) >= 11 is 7.19. The number of hydrogen-bond acceptors (Lipinski definition) is 4. The Bertz CT molecular complexity index is 637. The molecule has 100 valence electrons. The van der Waals surface area contributed by atoms with Gasteiger partial charge in [0.15, 0.2) is 0 Å². The summed E-state index contributed by atoms with van der Waals surface area (Å²) in [6, 6.07) is 4.78. The Morgan fingerprint density at radius 2 is 2.11 bits per heavy atom. The Morgan fingerprint density at radius 1 is 1.42 bits per heavy atom. The smallest absolute Gasteiger partial charge is 0.315 e. The summed E-state index contributed by atoms with van der Waals surface area (Å²) in [6.45, 7) is 3.22. The molecule has 0 aliphatic carbocycles. The quantitative estimate of drug-likeness (QED) is 0.909. The molecule has 0 fully saturated rings. The summed E-state index contributed by atoms with van der Waals surface area (Å²) in [5, 5.41) is 21.2. The Balaban J connectivity index is 2.41. The van der Waals surface area contributed by atoms with Crippen LogP contribution in [-0.4, -0.2) is 21.2 Å². The molecule has 0 saturated heterocycles. The average molecular weight is 298 g/mol. The first-order chi connectivity index (χ1) is 8.82. The molecule has 6 heteroatoms. The highest BCUT2D eigenvalue weighted by Crippen LogP contribution is 2.33. The molecule has 0 spiro atoms. The average Bonchev–Trinajstić information content (AvgIpc) is 2.82. The summed E-state index contributed by atoms with van der Waals surface area (Å²) in [5.41, 5.74) is 0.222. The van der Waals surface area contributed by atoms with Gasteiger partial charge in [-0.05, 0) is 32.0 Å². The number of carboxylic acids is 1. The highest BCUT2D eigenvalue weighted by atomic mass is 35.5. The van der Waals surface area contributed by atoms with Crippen LogP contribution in [0.3, 0.4) is 0 Å². The number of benzene rings is 1. The molecule has 0 radical (unpaired) electrons. The molecule has 1 heterocycles. The molecule has 2 N–H and O–H groups in total. The van der Waals surface area contributed by atoms with Gasteiger partial charge in [0.1, 0.15) is 16.2 Å². The standard InChI is InChI=1S/C13H12ClNO3S/c1-13(2,12(17)18)10-6-19-11(15-10)7-3-4-9(16)8(14)5-7/h3-6,16H,1-2H3,(H,17,18). The van der Waals surface area contributed by atoms with Crippen molar-refractivity contribution in [3.05, 3.63) is 34.3 Å². The van der Waals surface area contributed by atoms with E-state index < -0.39 is 11.4 Å². The van der Waals surface area contributed by atoms with Gasteiger partial charge in [-0.15, -0.1) is 11.3 Å². The van der Waals surface area contributed by atoms with Crippen LogP contribution in [0.15, 0.2) is 23.6 Å². The molecule has 1 aromatic heterocycles. The third-order valence-corrected chi connectivity index (χ3v) is 4.07. The molecule has 2 rings (SSSR count). The first kappa shape index (κ1) is 13.8. The van der Waals surface area contributed by atoms with Gasteiger partial charge in [0.05, 0.1) is 10.7 Å². The number of aromatic nitrogens is 1. The van der Waals surface area contributed by atoms with Crippen molar-refractivity contribution in [1.82, 2.24) is 4.98 Å². The van der Waals surface area contributed by atoms with E-state index in [1.807, 2.05) is 0 Å². The fourth-order valence-electron chi connectivity index (χ4n) is 1.44. The summed E-state index contributed by atoms with van der Waals surface area (Å²) in [4.78, 5) is 15.5. The maximum atomic E-state index is 11.2. The number of rotatable bonds is 3. The van der Waals surface area contributed by atoms with Crippen LogP contribution in [0.4, 0.5) is 0 Å². The van der Waals surface area contributed by atoms with Crippen LogP contribution in [0.5, 0.6) is 5.75 Å². The summed E-state index contributed by atoms with van der Waals surface area (Å²) in [7, 11) is 0. The minimum Gasteiger partial charge on any atom is -0.506 e. The van der Waals surface area contributed by atoms with Crippen molar-refractivity contribution < 1.29 is 15.0 Å². The second kappa shape index (κ2) is 4.83. The van der Waals surface area contributed by atoms with Crippen molar-refractivity contribution in [2.45, 2.75) is 19.3 Å². The van der Waals surface area contributed by atoms with Gasteiger partial charge in [-0.3, -0.25) is 4.79 Å². The monoisotopic (exact) mass is 297 g/mol. The highest BCUT2D eigenvalue weighted by molar-refractivity contribution is 7.13. The van der Waals surface area contributed by atoms with Crippen LogP contribution in [0, 0.1) is 0 Å². The number of phenolic OH excluding ortho intramolecular Hbond substituents is 1. The molecule has 1 aromatic carbocycles. The van der Waals surface area contributed by atoms with Crippen LogP contribution in [-0.2, 0) is 10.2 Å². The second-order valence-electron chi connectivity index (χ2n) is 4.63. The zero-order valence-corrected chi connectivity index (χ0v) is 11.9. The van der Waals surface area contributed by atoms with Crippen molar-refractivity contribution in [3.63, 3.8) is 0 Å². The highest BCUT2D eigenvalue weighted by Gasteiger charge is 2.32. The number of aliphatic carboxylic acids is 1. The van der Waals surface area contributed by atoms with E-state index in [1.165, 1.54) is 17.4 Å². The van der Waals surface area contributed by atoms with Gasteiger partial charge in [-0.1, -0.05) is 11.6 Å². The van der Waals surface area contributed by atoms with Gasteiger partial charge in [0, 0.05) is 10.9 Å². The van der Waals surface area contributed by atoms with Gasteiger partial charge in [-0.2, -0.15) is 0 Å². The van der Waals surface area contributed by atoms with Crippen molar-refractivity contribution in [2.75, 3.05) is 0 Å². The predicted molar refractivity (Wildman–Crippen MR) is 74.9 cm³/mol. The molecule has 0 amide bonds. The number of halogens is 1. The zero-order valence-electron chi connectivity index (χ0n) is 10.3. The summed E-state index contributed by atoms with van der Waals surface area (Å²) in [5.74, 6) is -0.916. The third-order valence-electron chi connectivity index (χ3n) is 2.87. The Kier molecular flexibility index (Phi) is 3.52. The number of aromatic hydroxyl groups is 1. The molecule has 19 heavy (non-hydrogen) atoms. The Morgan fingerprint density at radius 3 is 2.68 bits per heavy atom. The van der Waals surface area contributed by atoms with Crippen molar-refractivity contribution in [2.24, 2.45) is 0 Å². The first-order valence-electron chi connectivity index (χ1n) is 5.50. The van der Waals surface area contributed by atoms with E-state index in [9.17, 15) is 9.90 Å². The van der Waals surface area contributed by atoms with E-state index >= 15 is 0 Å². The fourth-order valence-corrected chi connectivity index (χ4v) is 2.61. The Labute approximate surface area is 119 Å². The van der Waals surface area contributed by atoms with Crippen molar-refractivity contribution >= 4 is 28.9 Å². The minimum absolute atomic E-state index is 0.00746. The molecule has 0 atom stereocenters. The van der Waals surface area contributed by atoms with Crippen LogP contribution in [0.25, 0.3) is 10.6 Å². The summed E-state index contributed by atoms with van der Waals surface area (Å²) in [6.07, 6.45) is 0. The largest absolute Gasteiger partial charge is 0.506 e. The fraction of sp³-hybridized carbons (Fsp3) is 0.231. The lowest BCUT2D eigenvalue weighted by molar-refractivity contribution is -0.142. The lowest BCUT2D eigenvalue weighted by Gasteiger charge is -2.15. The van der Waals surface area contributed by atoms with Crippen LogP contribution < -0.4 is 0 Å². The molecule has 0 aliphatic rings. The second-order valence-corrected chi connectivity index (χ2v) is 5.90. The molecule has 4 nitrogen and oxygen atoms in total. The van der Waals surface area contributed by atoms with Gasteiger partial charge in [0.25, 0.3) is 0 Å². The zero-order chi connectivity index (χ0) is 14.2. The van der Waals surface area contributed by atoms with Gasteiger partial charge in [-0.25, -0.2) is 4.98 Å². The number of hydrogen-bond donors (Lipinski definition) is 2. The van der Waals surface area contributed by atoms with Crippen LogP contribution >= 0.6 is 22.9 Å². The van der Waals surface area contributed by atoms with Crippen molar-refractivity contribution in [1.29, 1.82) is 0 Å². The van der Waals surface area contributed by atoms with Gasteiger partial charge >= 0.3 is 5.97 Å². The van der Waals surface area contributed by atoms with Gasteiger partial charge in [0.2, 0.25) is 0 Å². The lowest BCUT2D eigenvalue weighted by Crippen LogP contribution is -2.28. The number of phenols is 1. The number of nitrogens with zero attached hydrogens (tertiary/aromatic N) is 1. The van der Waals surface area contributed by atoms with Gasteiger partial charge < -0.3 is 10.2 Å². The lowest BCUT2D eigenvalue weighted by atomic mass is 9.90. The summed E-state index contributed by atoms with van der Waals surface area (Å²) < 4.78 is 0. The predicted octanol–water partition coefficient (Wildman–Crippen LogP) is 3.53. The Hall–Kier alpha value is -1.59. The maximum Gasteiger partial charge on any atom is 0.315 e. The number of carbonyl (C=O) groups is 1. The van der Waals surface area contributed by atoms with Crippen molar-refractivity contribution in [3.8, 4) is 16.3 Å². The van der Waals surface area contributed by atoms with Crippen LogP contribution in [0.1, 0.15) is 19.5 Å². The normalized spacial score (nSPS) is 11.5. The molecule has 0 aliphatic heterocycles. The van der Waals surface area contributed by atoms with E-state index in [-0.39, 0.29) is 10.8 Å². The first-order valence-corrected chi connectivity index (χ1v) is 6.76. The number of thiazole rings is 1. The van der Waals surface area contributed by atoms with E-state index in [0.717, 1.165) is 5.56 Å². The maximum absolute atomic E-state index is 11.2. The number of carboxylic acid groups (broad SMARTS) is 1. The van der Waals surface area contributed by atoms with E-state index in [4.69, 9.17) is 16.7 Å². The topological polar surface area (TPSA) is 70.4 Å². The molecule has 0 bridgehead atoms. The molecular weight excluding hydrogens is 286 g/mol. The minimum atomic E-state index is -1.03. The SMILES string of the molecule is CC(C)(C(=O)O)c1csc(-c2ccc(O)c(Cl)c2)n1. The molecule has 0 unspecified atom stereocenters. The third kappa shape index (κ3) is 2.57. The molecule has 0 saturated carbocycles. The molecule has 2 aromatic rings. The molecular formula is C13H12ClNO3S. The van der Waals surface area contributed by atoms with Crippen LogP contribution in [0.2, 0.25) is 5.02 Å². The van der Waals surface area contributed by atoms with E-state index in [1.54, 1.807) is 31.4 Å². The van der Waals surface area contributed by atoms with E-state index in [2.05, 4.69) is 4.98 Å².